The molecule has 0 aliphatic carbocycles. The van der Waals surface area contributed by atoms with E-state index in [4.69, 9.17) is 0 Å². The minimum Gasteiger partial charge on any atom is -0.271 e. The van der Waals surface area contributed by atoms with Crippen LogP contribution in [0.15, 0.2) is 71.0 Å². The standard InChI is InChI=1S/C30H34N10O10S2/c1-7-9-14-32-52(49,50)22-16-18(34-36-24-27(43)39(5)30(46)40(6)28(24)44)11-13-20(22)19-12-10-17(15-21(19)51(47,48)31-8-2)33-35-23-25(41)37(3)29(45)38(4)26(23)42/h8,10-13,15-16,23-24,32H,7,9,14H2,1-6H3. The molecular weight excluding hydrogens is 725 g/mol. The smallest absolute Gasteiger partial charge is 0.271 e. The fourth-order valence-corrected chi connectivity index (χ4v) is 7.33. The maximum atomic E-state index is 13.7. The van der Waals surface area contributed by atoms with Gasteiger partial charge in [0.05, 0.1) is 21.2 Å². The van der Waals surface area contributed by atoms with Gasteiger partial charge in [-0.2, -0.15) is 33.3 Å². The maximum absolute atomic E-state index is 13.7. The minimum absolute atomic E-state index is 0.0288. The minimum atomic E-state index is -4.54. The molecule has 2 aromatic rings. The number of azo groups is 2. The number of nitrogens with one attached hydrogen (secondary N) is 1. The molecule has 2 aromatic carbocycles. The van der Waals surface area contributed by atoms with Crippen LogP contribution in [0.4, 0.5) is 21.0 Å². The highest BCUT2D eigenvalue weighted by Crippen LogP contribution is 2.38. The maximum Gasteiger partial charge on any atom is 0.333 e. The Morgan fingerprint density at radius 2 is 1.08 bits per heavy atom. The second kappa shape index (κ2) is 15.3. The Hall–Kier alpha value is -5.61. The highest BCUT2D eigenvalue weighted by molar-refractivity contribution is 7.90. The molecule has 20 nitrogen and oxygen atoms in total. The number of hydrogen-bond acceptors (Lipinski definition) is 14. The van der Waals surface area contributed by atoms with Gasteiger partial charge in [-0.15, -0.1) is 0 Å². The Balaban J connectivity index is 1.86. The summed E-state index contributed by atoms with van der Waals surface area (Å²) in [5.41, 5.74) is -0.592. The van der Waals surface area contributed by atoms with Crippen LogP contribution >= 0.6 is 0 Å². The normalized spacial score (nSPS) is 17.3. The third-order valence-electron chi connectivity index (χ3n) is 7.84. The summed E-state index contributed by atoms with van der Waals surface area (Å²) in [5.74, 6) is -3.81. The Morgan fingerprint density at radius 1 is 0.673 bits per heavy atom. The summed E-state index contributed by atoms with van der Waals surface area (Å²) in [4.78, 5) is 76.3. The molecule has 0 bridgehead atoms. The second-order valence-corrected chi connectivity index (χ2v) is 14.7. The van der Waals surface area contributed by atoms with Gasteiger partial charge in [-0.25, -0.2) is 22.7 Å². The SMILES string of the molecule is CC=NS(=O)(=O)c1cc(N=NC2C(=O)N(C)C(=O)N(C)C2=O)ccc1-c1ccc(N=NC2C(=O)N(C)C(=O)N(C)C2=O)cc1S(=O)(=O)NCCCC. The van der Waals surface area contributed by atoms with E-state index in [0.29, 0.717) is 32.4 Å². The number of carbonyl (C=O) groups excluding carboxylic acids is 6. The first kappa shape index (κ1) is 39.2. The zero-order valence-corrected chi connectivity index (χ0v) is 30.4. The number of likely N-dealkylation sites (N-methyl/N-ethyl adjacent to an activating group) is 4. The van der Waals surface area contributed by atoms with Crippen molar-refractivity contribution >= 4 is 73.3 Å². The van der Waals surface area contributed by atoms with E-state index in [1.54, 1.807) is 0 Å². The molecule has 2 saturated heterocycles. The van der Waals surface area contributed by atoms with Gasteiger partial charge >= 0.3 is 12.1 Å². The number of urea groups is 2. The topological polar surface area (TPSA) is 257 Å². The molecule has 2 aliphatic rings. The largest absolute Gasteiger partial charge is 0.333 e. The van der Waals surface area contributed by atoms with E-state index in [1.807, 2.05) is 6.92 Å². The van der Waals surface area contributed by atoms with Crippen LogP contribution in [0.3, 0.4) is 0 Å². The lowest BCUT2D eigenvalue weighted by atomic mass is 10.0. The summed E-state index contributed by atoms with van der Waals surface area (Å²) >= 11 is 0. The molecule has 52 heavy (non-hydrogen) atoms. The van der Waals surface area contributed by atoms with Gasteiger partial charge in [-0.3, -0.25) is 38.8 Å². The van der Waals surface area contributed by atoms with Crippen LogP contribution in [-0.4, -0.2) is 125 Å². The average Bonchev–Trinajstić information content (AvgIpc) is 3.11. The first-order chi connectivity index (χ1) is 24.4. The van der Waals surface area contributed by atoms with Gasteiger partial charge in [0.2, 0.25) is 22.1 Å². The Morgan fingerprint density at radius 3 is 1.48 bits per heavy atom. The van der Waals surface area contributed by atoms with Crippen molar-refractivity contribution in [3.63, 3.8) is 0 Å². The number of amides is 8. The molecule has 2 heterocycles. The number of unbranched alkanes of at least 4 members (excludes halogenated alkanes) is 1. The van der Waals surface area contributed by atoms with Crippen LogP contribution in [0.5, 0.6) is 0 Å². The van der Waals surface area contributed by atoms with Crippen molar-refractivity contribution in [2.75, 3.05) is 34.7 Å². The summed E-state index contributed by atoms with van der Waals surface area (Å²) in [6, 6.07) is 1.88. The predicted octanol–water partition coefficient (Wildman–Crippen LogP) is 2.22. The summed E-state index contributed by atoms with van der Waals surface area (Å²) in [6.07, 6.45) is 2.11. The molecule has 0 spiro atoms. The number of hydrogen-bond donors (Lipinski definition) is 1. The van der Waals surface area contributed by atoms with E-state index in [2.05, 4.69) is 29.6 Å². The van der Waals surface area contributed by atoms with Gasteiger partial charge < -0.3 is 0 Å². The number of nitrogens with zero attached hydrogens (tertiary/aromatic N) is 9. The first-order valence-corrected chi connectivity index (χ1v) is 18.3. The molecule has 276 valence electrons. The summed E-state index contributed by atoms with van der Waals surface area (Å²) < 4.78 is 60.3. The molecule has 0 atom stereocenters. The van der Waals surface area contributed by atoms with Crippen LogP contribution in [0.2, 0.25) is 0 Å². The predicted molar refractivity (Wildman–Crippen MR) is 182 cm³/mol. The molecule has 8 amide bonds. The lowest BCUT2D eigenvalue weighted by molar-refractivity contribution is -0.144. The van der Waals surface area contributed by atoms with Gasteiger partial charge in [0.1, 0.15) is 0 Å². The second-order valence-electron chi connectivity index (χ2n) is 11.3. The number of imide groups is 4. The van der Waals surface area contributed by atoms with Crippen LogP contribution in [0.1, 0.15) is 26.7 Å². The fourth-order valence-electron chi connectivity index (χ4n) is 4.90. The molecule has 22 heteroatoms. The molecule has 0 saturated carbocycles. The van der Waals surface area contributed by atoms with Gasteiger partial charge in [0.25, 0.3) is 33.7 Å². The monoisotopic (exact) mass is 758 g/mol. The van der Waals surface area contributed by atoms with Gasteiger partial charge in [-0.05, 0) is 37.6 Å². The molecule has 2 aliphatic heterocycles. The Bertz CT molecular complexity index is 2120. The van der Waals surface area contributed by atoms with Crippen molar-refractivity contribution in [2.45, 2.75) is 48.6 Å². The first-order valence-electron chi connectivity index (χ1n) is 15.4. The van der Waals surface area contributed by atoms with Gasteiger partial charge in [-0.1, -0.05) is 25.5 Å². The van der Waals surface area contributed by atoms with Gasteiger partial charge in [0.15, 0.2) is 0 Å². The zero-order valence-electron chi connectivity index (χ0n) is 28.7. The van der Waals surface area contributed by atoms with Crippen LogP contribution in [0, 0.1) is 0 Å². The molecule has 0 radical (unpaired) electrons. The molecule has 0 unspecified atom stereocenters. The highest BCUT2D eigenvalue weighted by atomic mass is 32.2. The molecule has 4 rings (SSSR count). The number of barbiturate groups is 2. The lowest BCUT2D eigenvalue weighted by Crippen LogP contribution is -2.58. The van der Waals surface area contributed by atoms with E-state index < -0.39 is 77.6 Å². The van der Waals surface area contributed by atoms with Crippen molar-refractivity contribution in [1.82, 2.24) is 24.3 Å². The van der Waals surface area contributed by atoms with Crippen molar-refractivity contribution in [3.8, 4) is 11.1 Å². The Labute approximate surface area is 298 Å². The number of rotatable bonds is 12. The van der Waals surface area contributed by atoms with E-state index in [0.717, 1.165) is 46.5 Å². The number of sulfonamides is 2. The summed E-state index contributed by atoms with van der Waals surface area (Å²) in [7, 11) is -4.31. The van der Waals surface area contributed by atoms with E-state index in [1.165, 1.54) is 31.2 Å². The molecule has 0 aromatic heterocycles. The quantitative estimate of drug-likeness (QED) is 0.143. The zero-order chi connectivity index (χ0) is 38.7. The van der Waals surface area contributed by atoms with E-state index in [9.17, 15) is 45.6 Å². The van der Waals surface area contributed by atoms with Crippen molar-refractivity contribution < 1.29 is 45.6 Å². The van der Waals surface area contributed by atoms with E-state index >= 15 is 0 Å². The van der Waals surface area contributed by atoms with Crippen LogP contribution < -0.4 is 4.72 Å². The lowest BCUT2D eigenvalue weighted by Gasteiger charge is -2.30. The van der Waals surface area contributed by atoms with E-state index in [-0.39, 0.29) is 29.0 Å². The summed E-state index contributed by atoms with van der Waals surface area (Å²) in [6.45, 7) is 3.22. The fraction of sp³-hybridized carbons (Fsp3) is 0.367. The number of carbonyl (C=O) groups is 6. The van der Waals surface area contributed by atoms with Crippen molar-refractivity contribution in [3.05, 3.63) is 36.4 Å². The molecule has 2 fully saturated rings. The summed E-state index contributed by atoms with van der Waals surface area (Å²) in [5, 5.41) is 15.4. The number of benzene rings is 2. The average molecular weight is 759 g/mol. The highest BCUT2D eigenvalue weighted by Gasteiger charge is 2.44. The Kier molecular flexibility index (Phi) is 11.5. The van der Waals surface area contributed by atoms with Crippen LogP contribution in [0.25, 0.3) is 11.1 Å². The van der Waals surface area contributed by atoms with Gasteiger partial charge in [0, 0.05) is 52.1 Å². The third kappa shape index (κ3) is 7.67. The van der Waals surface area contributed by atoms with Crippen molar-refractivity contribution in [1.29, 1.82) is 0 Å². The third-order valence-corrected chi connectivity index (χ3v) is 10.7. The van der Waals surface area contributed by atoms with Crippen LogP contribution in [-0.2, 0) is 39.2 Å². The molecule has 1 N–H and O–H groups in total. The molecular formula is C30H34N10O10S2. The van der Waals surface area contributed by atoms with Crippen molar-refractivity contribution in [2.24, 2.45) is 24.9 Å².